The van der Waals surface area contributed by atoms with Crippen LogP contribution in [-0.4, -0.2) is 88.9 Å². The molecule has 0 radical (unpaired) electrons. The number of nitrogens with zero attached hydrogens (tertiary/aromatic N) is 5. The Labute approximate surface area is 221 Å². The third-order valence-electron chi connectivity index (χ3n) is 6.33. The van der Waals surface area contributed by atoms with E-state index in [9.17, 15) is 19.7 Å². The Balaban J connectivity index is 1.54. The smallest absolute Gasteiger partial charge is 0.318 e. The molecule has 1 aromatic heterocycles. The molecule has 1 saturated heterocycles. The van der Waals surface area contributed by atoms with E-state index in [1.165, 1.54) is 28.3 Å². The van der Waals surface area contributed by atoms with Gasteiger partial charge in [0.15, 0.2) is 0 Å². The topological polar surface area (TPSA) is 134 Å². The summed E-state index contributed by atoms with van der Waals surface area (Å²) in [5.41, 5.74) is 0.789. The first-order valence-electron chi connectivity index (χ1n) is 12.7. The van der Waals surface area contributed by atoms with Crippen molar-refractivity contribution in [2.75, 3.05) is 45.9 Å². The second-order valence-electron chi connectivity index (χ2n) is 10.4. The number of nitro groups is 1. The van der Waals surface area contributed by atoms with Crippen molar-refractivity contribution in [2.24, 2.45) is 5.10 Å². The van der Waals surface area contributed by atoms with Crippen LogP contribution in [0.5, 0.6) is 0 Å². The van der Waals surface area contributed by atoms with Gasteiger partial charge in [-0.1, -0.05) is 0 Å². The Morgan fingerprint density at radius 1 is 1.18 bits per heavy atom. The average molecular weight is 527 g/mol. The van der Waals surface area contributed by atoms with Gasteiger partial charge < -0.3 is 19.4 Å². The Morgan fingerprint density at radius 3 is 2.50 bits per heavy atom. The fourth-order valence-corrected chi connectivity index (χ4v) is 4.37. The van der Waals surface area contributed by atoms with Gasteiger partial charge in [0, 0.05) is 50.3 Å². The second kappa shape index (κ2) is 11.7. The Kier molecular flexibility index (Phi) is 8.42. The lowest BCUT2D eigenvalue weighted by Gasteiger charge is -2.32. The van der Waals surface area contributed by atoms with Crippen molar-refractivity contribution in [2.45, 2.75) is 38.8 Å². The molecule has 1 atom stereocenters. The van der Waals surface area contributed by atoms with E-state index >= 15 is 0 Å². The van der Waals surface area contributed by atoms with E-state index in [4.69, 9.17) is 9.15 Å². The lowest BCUT2D eigenvalue weighted by Crippen LogP contribution is -2.53. The number of carbonyl (C=O) groups is 2. The first-order chi connectivity index (χ1) is 18.1. The third kappa shape index (κ3) is 6.95. The molecular weight excluding hydrogens is 492 g/mol. The van der Waals surface area contributed by atoms with E-state index in [2.05, 4.69) is 15.3 Å². The van der Waals surface area contributed by atoms with Crippen LogP contribution >= 0.6 is 0 Å². The maximum atomic E-state index is 13.6. The number of urea groups is 1. The Hall–Kier alpha value is -3.77. The van der Waals surface area contributed by atoms with Crippen LogP contribution < -0.4 is 5.32 Å². The Bertz CT molecular complexity index is 1150. The van der Waals surface area contributed by atoms with Crippen LogP contribution in [0.2, 0.25) is 0 Å². The van der Waals surface area contributed by atoms with Crippen molar-refractivity contribution in [1.29, 1.82) is 0 Å². The van der Waals surface area contributed by atoms with E-state index in [0.717, 1.165) is 13.1 Å². The molecule has 3 amide bonds. The van der Waals surface area contributed by atoms with Gasteiger partial charge in [-0.2, -0.15) is 5.10 Å². The lowest BCUT2D eigenvalue weighted by atomic mass is 10.0. The number of ether oxygens (including phenoxy) is 1. The summed E-state index contributed by atoms with van der Waals surface area (Å²) in [4.78, 5) is 41.1. The summed E-state index contributed by atoms with van der Waals surface area (Å²) in [5, 5.41) is 20.0. The molecule has 12 heteroatoms. The summed E-state index contributed by atoms with van der Waals surface area (Å²) in [6.07, 6.45) is 1.91. The van der Waals surface area contributed by atoms with E-state index in [1.807, 2.05) is 20.8 Å². The minimum absolute atomic E-state index is 0.0244. The molecule has 38 heavy (non-hydrogen) atoms. The number of carbonyl (C=O) groups excluding carboxylic acids is 2. The zero-order valence-corrected chi connectivity index (χ0v) is 22.0. The van der Waals surface area contributed by atoms with E-state index in [-0.39, 0.29) is 24.2 Å². The molecule has 2 aliphatic rings. The molecule has 0 saturated carbocycles. The molecule has 12 nitrogen and oxygen atoms in total. The molecule has 2 aromatic rings. The fourth-order valence-electron chi connectivity index (χ4n) is 4.37. The summed E-state index contributed by atoms with van der Waals surface area (Å²) in [5.74, 6) is 0.215. The van der Waals surface area contributed by atoms with Crippen LogP contribution in [0.1, 0.15) is 44.6 Å². The highest BCUT2D eigenvalue weighted by Gasteiger charge is 2.36. The lowest BCUT2D eigenvalue weighted by molar-refractivity contribution is -0.384. The fraction of sp³-hybridized carbons (Fsp3) is 0.500. The Morgan fingerprint density at radius 2 is 1.89 bits per heavy atom. The molecule has 3 heterocycles. The quantitative estimate of drug-likeness (QED) is 0.413. The summed E-state index contributed by atoms with van der Waals surface area (Å²) in [6, 6.07) is 8.77. The zero-order valence-electron chi connectivity index (χ0n) is 22.0. The first kappa shape index (κ1) is 27.3. The van der Waals surface area contributed by atoms with Crippen molar-refractivity contribution < 1.29 is 23.7 Å². The predicted octanol–water partition coefficient (Wildman–Crippen LogP) is 3.01. The largest absolute Gasteiger partial charge is 0.467 e. The number of benzene rings is 1. The molecule has 0 aliphatic carbocycles. The molecule has 0 bridgehead atoms. The number of hydrogen-bond donors (Lipinski definition) is 1. The molecule has 0 unspecified atom stereocenters. The van der Waals surface area contributed by atoms with Gasteiger partial charge in [0.2, 0.25) is 0 Å². The molecule has 0 spiro atoms. The second-order valence-corrected chi connectivity index (χ2v) is 10.4. The first-order valence-corrected chi connectivity index (χ1v) is 12.7. The van der Waals surface area contributed by atoms with Crippen LogP contribution in [0.15, 0.2) is 52.2 Å². The van der Waals surface area contributed by atoms with Crippen molar-refractivity contribution >= 4 is 23.3 Å². The van der Waals surface area contributed by atoms with E-state index in [0.29, 0.717) is 49.8 Å². The monoisotopic (exact) mass is 526 g/mol. The van der Waals surface area contributed by atoms with E-state index < -0.39 is 16.5 Å². The van der Waals surface area contributed by atoms with Crippen LogP contribution in [0.3, 0.4) is 0 Å². The SMILES string of the molecule is CC(C)(C)NC(=O)N(CCN1CCOCC1)CC(=O)N1N=C(c2ccc([N+](=O)[O-])cc2)C[C@@H]1c1ccco1. The van der Waals surface area contributed by atoms with Gasteiger partial charge in [-0.25, -0.2) is 9.80 Å². The van der Waals surface area contributed by atoms with Gasteiger partial charge in [0.25, 0.3) is 11.6 Å². The van der Waals surface area contributed by atoms with Crippen LogP contribution in [0.4, 0.5) is 10.5 Å². The number of hydrogen-bond acceptors (Lipinski definition) is 8. The molecule has 204 valence electrons. The number of non-ortho nitro benzene ring substituents is 1. The van der Waals surface area contributed by atoms with Crippen molar-refractivity contribution in [1.82, 2.24) is 20.1 Å². The highest BCUT2D eigenvalue weighted by Crippen LogP contribution is 2.33. The minimum atomic E-state index is -0.491. The number of furan rings is 1. The van der Waals surface area contributed by atoms with E-state index in [1.54, 1.807) is 24.3 Å². The van der Waals surface area contributed by atoms with Crippen LogP contribution in [0, 0.1) is 10.1 Å². The van der Waals surface area contributed by atoms with Gasteiger partial charge in [0.1, 0.15) is 18.3 Å². The van der Waals surface area contributed by atoms with Gasteiger partial charge in [0.05, 0.1) is 30.1 Å². The van der Waals surface area contributed by atoms with Crippen LogP contribution in [0.25, 0.3) is 0 Å². The van der Waals surface area contributed by atoms with Crippen molar-refractivity contribution in [3.8, 4) is 0 Å². The van der Waals surface area contributed by atoms with Crippen molar-refractivity contribution in [3.05, 3.63) is 64.1 Å². The molecule has 1 fully saturated rings. The van der Waals surface area contributed by atoms with Gasteiger partial charge in [-0.3, -0.25) is 19.8 Å². The summed E-state index contributed by atoms with van der Waals surface area (Å²) < 4.78 is 11.0. The summed E-state index contributed by atoms with van der Waals surface area (Å²) in [6.45, 7) is 9.33. The zero-order chi connectivity index (χ0) is 27.3. The van der Waals surface area contributed by atoms with Gasteiger partial charge in [-0.05, 0) is 50.6 Å². The third-order valence-corrected chi connectivity index (χ3v) is 6.33. The number of nitrogens with one attached hydrogen (secondary N) is 1. The van der Waals surface area contributed by atoms with Gasteiger partial charge >= 0.3 is 6.03 Å². The highest BCUT2D eigenvalue weighted by atomic mass is 16.6. The maximum Gasteiger partial charge on any atom is 0.318 e. The molecule has 2 aliphatic heterocycles. The number of hydrazone groups is 1. The highest BCUT2D eigenvalue weighted by molar-refractivity contribution is 6.03. The van der Waals surface area contributed by atoms with Gasteiger partial charge in [-0.15, -0.1) is 0 Å². The number of nitro benzene ring substituents is 1. The molecule has 1 aromatic carbocycles. The normalized spacial score (nSPS) is 18.2. The number of rotatable bonds is 8. The standard InChI is InChI=1S/C26H34N6O6/c1-26(2,3)27-25(34)30(11-10-29-12-15-37-16-13-29)18-24(33)31-22(23-5-4-14-38-23)17-21(28-31)19-6-8-20(9-7-19)32(35)36/h4-9,14,22H,10-13,15-18H2,1-3H3,(H,27,34)/t22-/m1/s1. The van der Waals surface area contributed by atoms with Crippen molar-refractivity contribution in [3.63, 3.8) is 0 Å². The summed E-state index contributed by atoms with van der Waals surface area (Å²) >= 11 is 0. The maximum absolute atomic E-state index is 13.6. The molecule has 4 rings (SSSR count). The predicted molar refractivity (Wildman–Crippen MR) is 140 cm³/mol. The minimum Gasteiger partial charge on any atom is -0.467 e. The molecular formula is C26H34N6O6. The molecule has 1 N–H and O–H groups in total. The summed E-state index contributed by atoms with van der Waals surface area (Å²) in [7, 11) is 0. The average Bonchev–Trinajstić information content (AvgIpc) is 3.56. The number of morpholine rings is 1. The number of amides is 3. The van der Waals surface area contributed by atoms with Crippen LogP contribution in [-0.2, 0) is 9.53 Å².